The summed E-state index contributed by atoms with van der Waals surface area (Å²) in [5.74, 6) is 0.636. The van der Waals surface area contributed by atoms with E-state index in [4.69, 9.17) is 0 Å². The molecular weight excluding hydrogens is 286 g/mol. The van der Waals surface area contributed by atoms with Gasteiger partial charge in [0.1, 0.15) is 10.7 Å². The molecule has 0 saturated carbocycles. The maximum atomic E-state index is 12.7. The van der Waals surface area contributed by atoms with E-state index < -0.39 is 0 Å². The van der Waals surface area contributed by atoms with Crippen molar-refractivity contribution in [3.8, 4) is 0 Å². The van der Waals surface area contributed by atoms with Gasteiger partial charge >= 0.3 is 0 Å². The van der Waals surface area contributed by atoms with Crippen LogP contribution >= 0.6 is 11.3 Å². The number of hydrogen-bond acceptors (Lipinski definition) is 4. The van der Waals surface area contributed by atoms with Crippen LogP contribution in [0.4, 0.5) is 0 Å². The number of hydrogen-bond donors (Lipinski definition) is 1. The molecule has 0 aromatic carbocycles. The number of aromatic amines is 1. The quantitative estimate of drug-likeness (QED) is 0.880. The van der Waals surface area contributed by atoms with E-state index in [0.717, 1.165) is 31.5 Å². The third kappa shape index (κ3) is 2.60. The smallest absolute Gasteiger partial charge is 0.264 e. The number of likely N-dealkylation sites (tertiary alicyclic amines) is 1. The van der Waals surface area contributed by atoms with E-state index in [1.54, 1.807) is 6.92 Å². The zero-order valence-electron chi connectivity index (χ0n) is 12.4. The van der Waals surface area contributed by atoms with Crippen molar-refractivity contribution in [2.45, 2.75) is 39.5 Å². The van der Waals surface area contributed by atoms with E-state index in [-0.39, 0.29) is 11.5 Å². The van der Waals surface area contributed by atoms with Gasteiger partial charge in [0.05, 0.1) is 10.3 Å². The van der Waals surface area contributed by atoms with Crippen molar-refractivity contribution in [3.05, 3.63) is 26.6 Å². The molecule has 1 aliphatic rings. The van der Waals surface area contributed by atoms with E-state index in [9.17, 15) is 9.59 Å². The lowest BCUT2D eigenvalue weighted by Crippen LogP contribution is -2.31. The molecule has 0 atom stereocenters. The van der Waals surface area contributed by atoms with Crippen LogP contribution in [0.2, 0.25) is 0 Å². The normalized spacial score (nSPS) is 16.2. The maximum Gasteiger partial charge on any atom is 0.264 e. The SMILES string of the molecule is Cc1nc2sc(C(=O)N3CCCCCC3)c(C)c2c(=O)[nH]1. The Hall–Kier alpha value is -1.69. The van der Waals surface area contributed by atoms with Gasteiger partial charge in [-0.05, 0) is 32.3 Å². The molecular formula is C15H19N3O2S. The van der Waals surface area contributed by atoms with Gasteiger partial charge in [-0.1, -0.05) is 12.8 Å². The van der Waals surface area contributed by atoms with Crippen LogP contribution < -0.4 is 5.56 Å². The highest BCUT2D eigenvalue weighted by Crippen LogP contribution is 2.28. The summed E-state index contributed by atoms with van der Waals surface area (Å²) in [5, 5.41) is 0.559. The third-order valence-corrected chi connectivity index (χ3v) is 5.18. The van der Waals surface area contributed by atoms with Gasteiger partial charge < -0.3 is 9.88 Å². The summed E-state index contributed by atoms with van der Waals surface area (Å²) in [7, 11) is 0. The Morgan fingerprint density at radius 2 is 1.86 bits per heavy atom. The number of aromatic nitrogens is 2. The van der Waals surface area contributed by atoms with Crippen LogP contribution in [0.1, 0.15) is 46.7 Å². The fourth-order valence-corrected chi connectivity index (χ4v) is 4.07. The fraction of sp³-hybridized carbons (Fsp3) is 0.533. The highest BCUT2D eigenvalue weighted by Gasteiger charge is 2.23. The summed E-state index contributed by atoms with van der Waals surface area (Å²) in [5.41, 5.74) is 0.610. The first-order valence-corrected chi connectivity index (χ1v) is 8.19. The molecule has 0 spiro atoms. The Labute approximate surface area is 127 Å². The molecule has 1 saturated heterocycles. The number of H-pyrrole nitrogens is 1. The zero-order valence-corrected chi connectivity index (χ0v) is 13.2. The average molecular weight is 305 g/mol. The summed E-state index contributed by atoms with van der Waals surface area (Å²) in [6, 6.07) is 0. The number of rotatable bonds is 1. The predicted molar refractivity (Wildman–Crippen MR) is 84.1 cm³/mol. The van der Waals surface area contributed by atoms with Gasteiger partial charge in [-0.2, -0.15) is 0 Å². The van der Waals surface area contributed by atoms with Gasteiger partial charge in [-0.15, -0.1) is 11.3 Å². The summed E-state index contributed by atoms with van der Waals surface area (Å²) < 4.78 is 0. The second-order valence-electron chi connectivity index (χ2n) is 5.59. The minimum atomic E-state index is -0.152. The Morgan fingerprint density at radius 1 is 1.19 bits per heavy atom. The minimum absolute atomic E-state index is 0.0504. The number of nitrogens with one attached hydrogen (secondary N) is 1. The summed E-state index contributed by atoms with van der Waals surface area (Å²) >= 11 is 1.34. The van der Waals surface area contributed by atoms with Crippen LogP contribution in [0.3, 0.4) is 0 Å². The Balaban J connectivity index is 2.04. The number of carbonyl (C=O) groups is 1. The third-order valence-electron chi connectivity index (χ3n) is 4.01. The van der Waals surface area contributed by atoms with Crippen LogP contribution in [-0.4, -0.2) is 33.9 Å². The van der Waals surface area contributed by atoms with Gasteiger partial charge in [0.2, 0.25) is 0 Å². The number of nitrogens with zero attached hydrogens (tertiary/aromatic N) is 2. The van der Waals surface area contributed by atoms with Crippen molar-refractivity contribution >= 4 is 27.5 Å². The lowest BCUT2D eigenvalue weighted by atomic mass is 10.2. The lowest BCUT2D eigenvalue weighted by Gasteiger charge is -2.19. The summed E-state index contributed by atoms with van der Waals surface area (Å²) in [6.07, 6.45) is 4.51. The van der Waals surface area contributed by atoms with Crippen molar-refractivity contribution in [1.29, 1.82) is 0 Å². The van der Waals surface area contributed by atoms with Gasteiger partial charge in [0.25, 0.3) is 11.5 Å². The van der Waals surface area contributed by atoms with E-state index >= 15 is 0 Å². The van der Waals surface area contributed by atoms with Crippen molar-refractivity contribution < 1.29 is 4.79 Å². The van der Waals surface area contributed by atoms with Gasteiger partial charge in [-0.3, -0.25) is 9.59 Å². The molecule has 112 valence electrons. The molecule has 0 radical (unpaired) electrons. The highest BCUT2D eigenvalue weighted by molar-refractivity contribution is 7.20. The van der Waals surface area contributed by atoms with E-state index in [0.29, 0.717) is 20.9 Å². The predicted octanol–water partition coefficient (Wildman–Crippen LogP) is 2.62. The molecule has 3 heterocycles. The first kappa shape index (κ1) is 14.3. The minimum Gasteiger partial charge on any atom is -0.338 e. The molecule has 2 aromatic heterocycles. The first-order chi connectivity index (χ1) is 10.1. The molecule has 1 fully saturated rings. The summed E-state index contributed by atoms with van der Waals surface area (Å²) in [4.78, 5) is 35.1. The standard InChI is InChI=1S/C15H19N3O2S/c1-9-11-13(19)16-10(2)17-14(11)21-12(9)15(20)18-7-5-3-4-6-8-18/h3-8H2,1-2H3,(H,16,17,19). The number of thiophene rings is 1. The summed E-state index contributed by atoms with van der Waals surface area (Å²) in [6.45, 7) is 5.23. The number of carbonyl (C=O) groups excluding carboxylic acids is 1. The lowest BCUT2D eigenvalue weighted by molar-refractivity contribution is 0.0766. The number of aryl methyl sites for hydroxylation is 2. The van der Waals surface area contributed by atoms with E-state index in [1.807, 2.05) is 11.8 Å². The van der Waals surface area contributed by atoms with Crippen LogP contribution in [0.5, 0.6) is 0 Å². The second-order valence-corrected chi connectivity index (χ2v) is 6.59. The number of fused-ring (bicyclic) bond motifs is 1. The van der Waals surface area contributed by atoms with Crippen molar-refractivity contribution in [1.82, 2.24) is 14.9 Å². The molecule has 21 heavy (non-hydrogen) atoms. The van der Waals surface area contributed by atoms with Crippen molar-refractivity contribution in [3.63, 3.8) is 0 Å². The van der Waals surface area contributed by atoms with Crippen LogP contribution in [-0.2, 0) is 0 Å². The molecule has 1 amide bonds. The molecule has 0 aliphatic carbocycles. The molecule has 2 aromatic rings. The largest absolute Gasteiger partial charge is 0.338 e. The van der Waals surface area contributed by atoms with Crippen molar-refractivity contribution in [2.75, 3.05) is 13.1 Å². The van der Waals surface area contributed by atoms with Gasteiger partial charge in [-0.25, -0.2) is 4.98 Å². The highest BCUT2D eigenvalue weighted by atomic mass is 32.1. The van der Waals surface area contributed by atoms with Gasteiger partial charge in [0, 0.05) is 13.1 Å². The maximum absolute atomic E-state index is 12.7. The Bertz CT molecular complexity index is 739. The Kier molecular flexibility index (Phi) is 3.80. The molecule has 6 heteroatoms. The fourth-order valence-electron chi connectivity index (χ4n) is 2.87. The van der Waals surface area contributed by atoms with Crippen LogP contribution in [0, 0.1) is 13.8 Å². The average Bonchev–Trinajstić information content (AvgIpc) is 2.64. The molecule has 0 bridgehead atoms. The Morgan fingerprint density at radius 3 is 2.52 bits per heavy atom. The monoisotopic (exact) mass is 305 g/mol. The molecule has 3 rings (SSSR count). The van der Waals surface area contributed by atoms with E-state index in [2.05, 4.69) is 9.97 Å². The molecule has 1 aliphatic heterocycles. The van der Waals surface area contributed by atoms with Gasteiger partial charge in [0.15, 0.2) is 0 Å². The zero-order chi connectivity index (χ0) is 15.0. The first-order valence-electron chi connectivity index (χ1n) is 7.37. The number of amides is 1. The second kappa shape index (κ2) is 5.60. The van der Waals surface area contributed by atoms with Crippen molar-refractivity contribution in [2.24, 2.45) is 0 Å². The van der Waals surface area contributed by atoms with Crippen LogP contribution in [0.25, 0.3) is 10.2 Å². The molecule has 1 N–H and O–H groups in total. The van der Waals surface area contributed by atoms with E-state index in [1.165, 1.54) is 24.2 Å². The van der Waals surface area contributed by atoms with Crippen LogP contribution in [0.15, 0.2) is 4.79 Å². The molecule has 0 unspecified atom stereocenters. The molecule has 5 nitrogen and oxygen atoms in total. The topological polar surface area (TPSA) is 66.1 Å².